The Morgan fingerprint density at radius 1 is 1.12 bits per heavy atom. The standard InChI is InChI=1S/C30H34N4O6/c1-4-38-28(36)16-23-19(2)32-34(29(23)21-10-11-21)17-27(35)31-24(14-20-8-6-5-7-9-20)30(37)33(3)22-12-13-25-26(15-22)40-18-39-25/h5-9,12-13,15,21,24H,4,10-11,14,16-18H2,1-3H3,(H,31,35)/t24-/m0/s1. The van der Waals surface area contributed by atoms with E-state index in [4.69, 9.17) is 14.2 Å². The second kappa shape index (κ2) is 11.8. The summed E-state index contributed by atoms with van der Waals surface area (Å²) in [5.41, 5.74) is 3.99. The molecule has 1 fully saturated rings. The lowest BCUT2D eigenvalue weighted by atomic mass is 10.0. The molecule has 1 N–H and O–H groups in total. The number of carbonyl (C=O) groups is 3. The Morgan fingerprint density at radius 3 is 2.60 bits per heavy atom. The van der Waals surface area contributed by atoms with E-state index in [1.54, 1.807) is 36.9 Å². The van der Waals surface area contributed by atoms with Gasteiger partial charge in [-0.15, -0.1) is 0 Å². The summed E-state index contributed by atoms with van der Waals surface area (Å²) in [6.45, 7) is 4.02. The van der Waals surface area contributed by atoms with E-state index in [1.165, 1.54) is 4.90 Å². The highest BCUT2D eigenvalue weighted by atomic mass is 16.7. The van der Waals surface area contributed by atoms with E-state index in [0.29, 0.717) is 35.9 Å². The highest BCUT2D eigenvalue weighted by Crippen LogP contribution is 2.42. The predicted molar refractivity (Wildman–Crippen MR) is 147 cm³/mol. The van der Waals surface area contributed by atoms with Gasteiger partial charge in [0.1, 0.15) is 12.6 Å². The van der Waals surface area contributed by atoms with Gasteiger partial charge in [-0.25, -0.2) is 0 Å². The van der Waals surface area contributed by atoms with Crippen LogP contribution in [0.5, 0.6) is 11.5 Å². The number of likely N-dealkylation sites (N-methyl/N-ethyl adjacent to an activating group) is 1. The number of hydrogen-bond donors (Lipinski definition) is 1. The van der Waals surface area contributed by atoms with Crippen molar-refractivity contribution in [1.29, 1.82) is 0 Å². The van der Waals surface area contributed by atoms with Gasteiger partial charge in [0.05, 0.1) is 18.7 Å². The van der Waals surface area contributed by atoms with Crippen LogP contribution in [0.15, 0.2) is 48.5 Å². The molecular formula is C30H34N4O6. The molecule has 2 amide bonds. The number of aromatic nitrogens is 2. The molecule has 5 rings (SSSR count). The summed E-state index contributed by atoms with van der Waals surface area (Å²) >= 11 is 0. The molecule has 1 atom stereocenters. The molecule has 1 aliphatic heterocycles. The van der Waals surface area contributed by atoms with E-state index in [-0.39, 0.29) is 43.5 Å². The lowest BCUT2D eigenvalue weighted by Gasteiger charge is -2.25. The average molecular weight is 547 g/mol. The largest absolute Gasteiger partial charge is 0.466 e. The van der Waals surface area contributed by atoms with E-state index < -0.39 is 6.04 Å². The Hall–Kier alpha value is -4.34. The number of ether oxygens (including phenoxy) is 3. The van der Waals surface area contributed by atoms with Crippen LogP contribution >= 0.6 is 0 Å². The Bertz CT molecular complexity index is 1400. The van der Waals surface area contributed by atoms with Crippen molar-refractivity contribution in [2.45, 2.75) is 58.0 Å². The maximum atomic E-state index is 13.7. The molecule has 0 spiro atoms. The van der Waals surface area contributed by atoms with Crippen LogP contribution in [-0.2, 0) is 38.5 Å². The summed E-state index contributed by atoms with van der Waals surface area (Å²) in [4.78, 5) is 40.9. The number of rotatable bonds is 11. The van der Waals surface area contributed by atoms with Gasteiger partial charge in [-0.3, -0.25) is 19.1 Å². The summed E-state index contributed by atoms with van der Waals surface area (Å²) in [5, 5.41) is 7.56. The number of carbonyl (C=O) groups excluding carboxylic acids is 3. The lowest BCUT2D eigenvalue weighted by Crippen LogP contribution is -2.49. The molecule has 1 saturated carbocycles. The average Bonchev–Trinajstić information content (AvgIpc) is 3.58. The van der Waals surface area contributed by atoms with Crippen LogP contribution in [0.2, 0.25) is 0 Å². The third-order valence-corrected chi connectivity index (χ3v) is 7.17. The molecule has 2 aliphatic rings. The quantitative estimate of drug-likeness (QED) is 0.367. The Balaban J connectivity index is 1.35. The number of hydrogen-bond acceptors (Lipinski definition) is 7. The van der Waals surface area contributed by atoms with Gasteiger partial charge in [-0.2, -0.15) is 5.10 Å². The summed E-state index contributed by atoms with van der Waals surface area (Å²) in [5.74, 6) is 0.551. The SMILES string of the molecule is CCOC(=O)Cc1c(C)nn(CC(=O)N[C@@H](Cc2ccccc2)C(=O)N(C)c2ccc3c(c2)OCO3)c1C1CC1. The van der Waals surface area contributed by atoms with Crippen LogP contribution in [0, 0.1) is 6.92 Å². The first-order chi connectivity index (χ1) is 19.3. The van der Waals surface area contributed by atoms with Crippen LogP contribution in [0.4, 0.5) is 5.69 Å². The Labute approximate surface area is 233 Å². The van der Waals surface area contributed by atoms with Crippen molar-refractivity contribution in [3.63, 3.8) is 0 Å². The topological polar surface area (TPSA) is 112 Å². The zero-order valence-electron chi connectivity index (χ0n) is 23.0. The summed E-state index contributed by atoms with van der Waals surface area (Å²) in [6.07, 6.45) is 2.42. The number of nitrogens with zero attached hydrogens (tertiary/aromatic N) is 3. The number of benzene rings is 2. The number of amides is 2. The van der Waals surface area contributed by atoms with Gasteiger partial charge in [0.15, 0.2) is 11.5 Å². The summed E-state index contributed by atoms with van der Waals surface area (Å²) in [7, 11) is 1.67. The van der Waals surface area contributed by atoms with Crippen LogP contribution in [-0.4, -0.2) is 54.1 Å². The highest BCUT2D eigenvalue weighted by Gasteiger charge is 2.33. The smallest absolute Gasteiger partial charge is 0.310 e. The molecule has 1 aromatic heterocycles. The molecule has 3 aromatic rings. The zero-order chi connectivity index (χ0) is 28.2. The molecule has 40 heavy (non-hydrogen) atoms. The summed E-state index contributed by atoms with van der Waals surface area (Å²) in [6, 6.07) is 14.1. The van der Waals surface area contributed by atoms with E-state index >= 15 is 0 Å². The minimum Gasteiger partial charge on any atom is -0.466 e. The maximum Gasteiger partial charge on any atom is 0.310 e. The van der Waals surface area contributed by atoms with Gasteiger partial charge in [-0.05, 0) is 44.4 Å². The fourth-order valence-corrected chi connectivity index (χ4v) is 5.03. The fraction of sp³-hybridized carbons (Fsp3) is 0.400. The minimum absolute atomic E-state index is 0.0538. The van der Waals surface area contributed by atoms with Crippen molar-refractivity contribution in [3.8, 4) is 11.5 Å². The molecule has 2 heterocycles. The number of nitrogens with one attached hydrogen (secondary N) is 1. The summed E-state index contributed by atoms with van der Waals surface area (Å²) < 4.78 is 17.7. The van der Waals surface area contributed by atoms with Gasteiger partial charge in [0.2, 0.25) is 18.6 Å². The van der Waals surface area contributed by atoms with Gasteiger partial charge in [0, 0.05) is 42.4 Å². The second-order valence-electron chi connectivity index (χ2n) is 10.1. The van der Waals surface area contributed by atoms with Crippen molar-refractivity contribution in [2.75, 3.05) is 25.3 Å². The van der Waals surface area contributed by atoms with Gasteiger partial charge in [0.25, 0.3) is 0 Å². The molecule has 0 saturated heterocycles. The van der Waals surface area contributed by atoms with Crippen molar-refractivity contribution < 1.29 is 28.6 Å². The Morgan fingerprint density at radius 2 is 1.88 bits per heavy atom. The minimum atomic E-state index is -0.814. The zero-order valence-corrected chi connectivity index (χ0v) is 23.0. The van der Waals surface area contributed by atoms with Crippen LogP contribution < -0.4 is 19.7 Å². The normalized spacial score (nSPS) is 14.5. The van der Waals surface area contributed by atoms with Gasteiger partial charge >= 0.3 is 5.97 Å². The molecule has 10 nitrogen and oxygen atoms in total. The van der Waals surface area contributed by atoms with Gasteiger partial charge in [-0.1, -0.05) is 30.3 Å². The van der Waals surface area contributed by atoms with E-state index in [2.05, 4.69) is 10.4 Å². The molecular weight excluding hydrogens is 512 g/mol. The molecule has 0 radical (unpaired) electrons. The van der Waals surface area contributed by atoms with Crippen LogP contribution in [0.25, 0.3) is 0 Å². The first-order valence-corrected chi connectivity index (χ1v) is 13.6. The van der Waals surface area contributed by atoms with E-state index in [9.17, 15) is 14.4 Å². The number of anilines is 1. The Kier molecular flexibility index (Phi) is 8.04. The first kappa shape index (κ1) is 27.2. The predicted octanol–water partition coefficient (Wildman–Crippen LogP) is 3.29. The van der Waals surface area contributed by atoms with Crippen molar-refractivity contribution >= 4 is 23.5 Å². The van der Waals surface area contributed by atoms with Crippen LogP contribution in [0.3, 0.4) is 0 Å². The maximum absolute atomic E-state index is 13.7. The fourth-order valence-electron chi connectivity index (χ4n) is 5.03. The van der Waals surface area contributed by atoms with E-state index in [1.807, 2.05) is 37.3 Å². The highest BCUT2D eigenvalue weighted by molar-refractivity contribution is 5.99. The van der Waals surface area contributed by atoms with Crippen molar-refractivity contribution in [1.82, 2.24) is 15.1 Å². The van der Waals surface area contributed by atoms with Crippen LogP contribution in [0.1, 0.15) is 48.2 Å². The lowest BCUT2D eigenvalue weighted by molar-refractivity contribution is -0.142. The second-order valence-corrected chi connectivity index (χ2v) is 10.1. The number of aryl methyl sites for hydroxylation is 1. The van der Waals surface area contributed by atoms with Crippen molar-refractivity contribution in [2.24, 2.45) is 0 Å². The molecule has 210 valence electrons. The van der Waals surface area contributed by atoms with Crippen molar-refractivity contribution in [3.05, 3.63) is 71.0 Å². The monoisotopic (exact) mass is 546 g/mol. The number of esters is 1. The van der Waals surface area contributed by atoms with E-state index in [0.717, 1.165) is 29.7 Å². The molecule has 10 heteroatoms. The molecule has 0 unspecified atom stereocenters. The third kappa shape index (κ3) is 6.11. The molecule has 0 bridgehead atoms. The molecule has 2 aromatic carbocycles. The first-order valence-electron chi connectivity index (χ1n) is 13.6. The molecule has 1 aliphatic carbocycles. The van der Waals surface area contributed by atoms with Gasteiger partial charge < -0.3 is 24.4 Å². The number of fused-ring (bicyclic) bond motifs is 1. The third-order valence-electron chi connectivity index (χ3n) is 7.17.